The van der Waals surface area contributed by atoms with Crippen molar-refractivity contribution in [2.75, 3.05) is 0 Å². The van der Waals surface area contributed by atoms with Gasteiger partial charge in [-0.1, -0.05) is 20.4 Å². The highest BCUT2D eigenvalue weighted by Crippen LogP contribution is 2.28. The van der Waals surface area contributed by atoms with Gasteiger partial charge in [0.1, 0.15) is 5.57 Å². The van der Waals surface area contributed by atoms with Gasteiger partial charge in [-0.05, 0) is 12.3 Å². The number of hydrogen-bond acceptors (Lipinski definition) is 4. The third-order valence-electron chi connectivity index (χ3n) is 2.29. The molecule has 0 radical (unpaired) electrons. The molecule has 0 N–H and O–H groups in total. The molecule has 0 atom stereocenters. The first-order chi connectivity index (χ1) is 6.84. The number of carbonyl (C=O) groups is 2. The molecule has 0 aromatic rings. The fourth-order valence-corrected chi connectivity index (χ4v) is 1.27. The lowest BCUT2D eigenvalue weighted by Crippen LogP contribution is -2.44. The molecule has 1 aliphatic rings. The average Bonchev–Trinajstić information content (AvgIpc) is 2.11. The predicted molar refractivity (Wildman–Crippen MR) is 53.8 cm³/mol. The zero-order valence-corrected chi connectivity index (χ0v) is 9.33. The molecule has 1 fully saturated rings. The van der Waals surface area contributed by atoms with Crippen LogP contribution in [0.1, 0.15) is 33.6 Å². The van der Waals surface area contributed by atoms with Gasteiger partial charge in [-0.2, -0.15) is 0 Å². The van der Waals surface area contributed by atoms with Crippen molar-refractivity contribution in [3.05, 3.63) is 12.2 Å². The van der Waals surface area contributed by atoms with E-state index in [1.54, 1.807) is 6.92 Å². The lowest BCUT2D eigenvalue weighted by Gasteiger charge is -2.33. The molecular formula is C11H16O4. The minimum atomic E-state index is -1.13. The number of cyclic esters (lactones) is 2. The van der Waals surface area contributed by atoms with E-state index in [0.717, 1.165) is 6.42 Å². The van der Waals surface area contributed by atoms with Crippen LogP contribution < -0.4 is 0 Å². The Bertz CT molecular complexity index is 284. The molecule has 1 heterocycles. The van der Waals surface area contributed by atoms with Gasteiger partial charge < -0.3 is 9.47 Å². The molecule has 0 saturated carbocycles. The Hall–Kier alpha value is -1.32. The summed E-state index contributed by atoms with van der Waals surface area (Å²) in [6, 6.07) is 0. The summed E-state index contributed by atoms with van der Waals surface area (Å²) in [4.78, 5) is 22.5. The van der Waals surface area contributed by atoms with Gasteiger partial charge in [0, 0.05) is 13.3 Å². The van der Waals surface area contributed by atoms with Crippen LogP contribution in [0.2, 0.25) is 0 Å². The van der Waals surface area contributed by atoms with E-state index in [9.17, 15) is 9.59 Å². The van der Waals surface area contributed by atoms with Crippen LogP contribution >= 0.6 is 0 Å². The Balaban J connectivity index is 2.66. The predicted octanol–water partition coefficient (Wildman–Crippen LogP) is 1.79. The van der Waals surface area contributed by atoms with E-state index in [0.29, 0.717) is 12.3 Å². The van der Waals surface area contributed by atoms with Crippen molar-refractivity contribution in [2.45, 2.75) is 39.4 Å². The fourth-order valence-electron chi connectivity index (χ4n) is 1.27. The van der Waals surface area contributed by atoms with Crippen LogP contribution in [0.3, 0.4) is 0 Å². The lowest BCUT2D eigenvalue weighted by molar-refractivity contribution is -0.231. The molecule has 1 rings (SSSR count). The smallest absolute Gasteiger partial charge is 0.348 e. The molecule has 1 aliphatic heterocycles. The van der Waals surface area contributed by atoms with Crippen molar-refractivity contribution in [2.24, 2.45) is 5.92 Å². The summed E-state index contributed by atoms with van der Waals surface area (Å²) in [5.74, 6) is -2.03. The number of hydrogen-bond donors (Lipinski definition) is 0. The van der Waals surface area contributed by atoms with E-state index >= 15 is 0 Å². The second-order valence-electron chi connectivity index (χ2n) is 4.32. The molecule has 0 amide bonds. The van der Waals surface area contributed by atoms with Crippen LogP contribution in [-0.4, -0.2) is 17.7 Å². The van der Waals surface area contributed by atoms with Crippen LogP contribution in [-0.2, 0) is 19.1 Å². The number of esters is 2. The van der Waals surface area contributed by atoms with Crippen molar-refractivity contribution < 1.29 is 19.1 Å². The summed E-state index contributed by atoms with van der Waals surface area (Å²) in [7, 11) is 0. The van der Waals surface area contributed by atoms with Crippen LogP contribution in [0.4, 0.5) is 0 Å². The topological polar surface area (TPSA) is 52.6 Å². The zero-order chi connectivity index (χ0) is 11.6. The first-order valence-electron chi connectivity index (χ1n) is 4.99. The van der Waals surface area contributed by atoms with Gasteiger partial charge in [-0.3, -0.25) is 0 Å². The van der Waals surface area contributed by atoms with Crippen molar-refractivity contribution in [3.63, 3.8) is 0 Å². The van der Waals surface area contributed by atoms with E-state index in [1.165, 1.54) is 0 Å². The molecule has 0 bridgehead atoms. The fraction of sp³-hybridized carbons (Fsp3) is 0.636. The first-order valence-corrected chi connectivity index (χ1v) is 4.99. The highest BCUT2D eigenvalue weighted by molar-refractivity contribution is 6.14. The monoisotopic (exact) mass is 212 g/mol. The quantitative estimate of drug-likeness (QED) is 0.406. The number of carbonyl (C=O) groups excluding carboxylic acids is 2. The van der Waals surface area contributed by atoms with E-state index in [2.05, 4.69) is 20.4 Å². The molecule has 4 heteroatoms. The van der Waals surface area contributed by atoms with Crippen LogP contribution in [0, 0.1) is 5.92 Å². The van der Waals surface area contributed by atoms with Gasteiger partial charge in [0.2, 0.25) is 0 Å². The standard InChI is InChI=1S/C11H16O4/c1-7(2)5-6-11(4)14-9(12)8(3)10(13)15-11/h7H,3,5-6H2,1-2,4H3. The Labute approximate surface area is 89.2 Å². The molecule has 0 aliphatic carbocycles. The summed E-state index contributed by atoms with van der Waals surface area (Å²) in [5, 5.41) is 0. The van der Waals surface area contributed by atoms with E-state index in [1.807, 2.05) is 0 Å². The van der Waals surface area contributed by atoms with Gasteiger partial charge >= 0.3 is 11.9 Å². The third-order valence-corrected chi connectivity index (χ3v) is 2.29. The van der Waals surface area contributed by atoms with Crippen molar-refractivity contribution >= 4 is 11.9 Å². The Morgan fingerprint density at radius 1 is 1.27 bits per heavy atom. The van der Waals surface area contributed by atoms with E-state index in [-0.39, 0.29) is 5.57 Å². The zero-order valence-electron chi connectivity index (χ0n) is 9.33. The van der Waals surface area contributed by atoms with E-state index < -0.39 is 17.7 Å². The SMILES string of the molecule is C=C1C(=O)OC(C)(CCC(C)C)OC1=O. The lowest BCUT2D eigenvalue weighted by atomic mass is 10.0. The largest absolute Gasteiger partial charge is 0.419 e. The average molecular weight is 212 g/mol. The molecule has 0 spiro atoms. The number of ether oxygens (including phenoxy) is 2. The van der Waals surface area contributed by atoms with Crippen molar-refractivity contribution in [1.29, 1.82) is 0 Å². The molecule has 0 aromatic heterocycles. The van der Waals surface area contributed by atoms with Crippen molar-refractivity contribution in [1.82, 2.24) is 0 Å². The van der Waals surface area contributed by atoms with Crippen LogP contribution in [0.15, 0.2) is 12.2 Å². The Kier molecular flexibility index (Phi) is 3.17. The maximum absolute atomic E-state index is 11.2. The minimum Gasteiger partial charge on any atom is -0.419 e. The summed E-state index contributed by atoms with van der Waals surface area (Å²) in [5.41, 5.74) is -0.239. The second kappa shape index (κ2) is 4.04. The molecule has 0 unspecified atom stereocenters. The second-order valence-corrected chi connectivity index (χ2v) is 4.32. The van der Waals surface area contributed by atoms with E-state index in [4.69, 9.17) is 9.47 Å². The van der Waals surface area contributed by atoms with Gasteiger partial charge in [-0.25, -0.2) is 9.59 Å². The molecule has 0 aromatic carbocycles. The molecular weight excluding hydrogens is 196 g/mol. The van der Waals surface area contributed by atoms with Gasteiger partial charge in [0.25, 0.3) is 5.79 Å². The summed E-state index contributed by atoms with van der Waals surface area (Å²) >= 11 is 0. The molecule has 4 nitrogen and oxygen atoms in total. The first kappa shape index (κ1) is 11.8. The normalized spacial score (nSPS) is 20.1. The molecule has 1 saturated heterocycles. The van der Waals surface area contributed by atoms with Gasteiger partial charge in [0.05, 0.1) is 0 Å². The molecule has 84 valence electrons. The number of rotatable bonds is 3. The summed E-state index contributed by atoms with van der Waals surface area (Å²) in [6.45, 7) is 8.98. The maximum atomic E-state index is 11.2. The highest BCUT2D eigenvalue weighted by atomic mass is 16.7. The Morgan fingerprint density at radius 3 is 2.13 bits per heavy atom. The highest BCUT2D eigenvalue weighted by Gasteiger charge is 2.41. The van der Waals surface area contributed by atoms with Crippen LogP contribution in [0.25, 0.3) is 0 Å². The third kappa shape index (κ3) is 2.81. The van der Waals surface area contributed by atoms with Gasteiger partial charge in [0.15, 0.2) is 0 Å². The van der Waals surface area contributed by atoms with Crippen LogP contribution in [0.5, 0.6) is 0 Å². The summed E-state index contributed by atoms with van der Waals surface area (Å²) in [6.07, 6.45) is 1.33. The maximum Gasteiger partial charge on any atom is 0.348 e. The molecule has 15 heavy (non-hydrogen) atoms. The van der Waals surface area contributed by atoms with Crippen molar-refractivity contribution in [3.8, 4) is 0 Å². The minimum absolute atomic E-state index is 0.239. The Morgan fingerprint density at radius 2 is 1.73 bits per heavy atom. The van der Waals surface area contributed by atoms with Gasteiger partial charge in [-0.15, -0.1) is 0 Å². The summed E-state index contributed by atoms with van der Waals surface area (Å²) < 4.78 is 10.1.